The fourth-order valence-corrected chi connectivity index (χ4v) is 7.60. The number of hydrogen-bond donors (Lipinski definition) is 0. The summed E-state index contributed by atoms with van der Waals surface area (Å²) in [6.07, 6.45) is 3.67. The predicted octanol–water partition coefficient (Wildman–Crippen LogP) is 13.6. The minimum Gasteiger partial charge on any atom is -0.264 e. The number of rotatable bonds is 7. The molecule has 3 heteroatoms. The molecule has 256 valence electrons. The Kier molecular flexibility index (Phi) is 8.66. The molecule has 0 bridgehead atoms. The summed E-state index contributed by atoms with van der Waals surface area (Å²) in [4.78, 5) is 15.0. The maximum Gasteiger partial charge on any atom is 0.0721 e. The minimum absolute atomic E-state index is 0.925. The summed E-state index contributed by atoms with van der Waals surface area (Å²) in [5, 5.41) is 4.75. The van der Waals surface area contributed by atoms with Crippen LogP contribution in [-0.2, 0) is 0 Å². The molecule has 0 aliphatic heterocycles. The molecule has 0 spiro atoms. The first-order valence-electron chi connectivity index (χ1n) is 18.4. The average molecular weight is 692 g/mol. The third kappa shape index (κ3) is 6.16. The number of hydrogen-bond acceptors (Lipinski definition) is 3. The molecule has 0 N–H and O–H groups in total. The molecule has 0 aliphatic rings. The lowest BCUT2D eigenvalue weighted by atomic mass is 9.84. The van der Waals surface area contributed by atoms with Crippen LogP contribution in [0.3, 0.4) is 0 Å². The summed E-state index contributed by atoms with van der Waals surface area (Å²) >= 11 is 0. The molecule has 9 aromatic rings. The average Bonchev–Trinajstić information content (AvgIpc) is 3.25. The van der Waals surface area contributed by atoms with E-state index >= 15 is 0 Å². The number of aryl methyl sites for hydroxylation is 1. The van der Waals surface area contributed by atoms with Crippen LogP contribution >= 0.6 is 0 Å². The van der Waals surface area contributed by atoms with Crippen molar-refractivity contribution in [1.29, 1.82) is 0 Å². The lowest BCUT2D eigenvalue weighted by molar-refractivity contribution is 1.31. The Hall–Kier alpha value is -6.97. The van der Waals surface area contributed by atoms with Gasteiger partial charge in [-0.2, -0.15) is 0 Å². The number of benzene rings is 7. The van der Waals surface area contributed by atoms with Crippen molar-refractivity contribution in [3.05, 3.63) is 199 Å². The lowest BCUT2D eigenvalue weighted by Crippen LogP contribution is -1.97. The van der Waals surface area contributed by atoms with Gasteiger partial charge in [-0.1, -0.05) is 152 Å². The van der Waals surface area contributed by atoms with Crippen LogP contribution in [0, 0.1) is 6.92 Å². The molecular formula is C51H37N3. The van der Waals surface area contributed by atoms with Crippen molar-refractivity contribution in [3.8, 4) is 55.9 Å². The van der Waals surface area contributed by atoms with Crippen LogP contribution < -0.4 is 0 Å². The third-order valence-corrected chi connectivity index (χ3v) is 10.3. The molecule has 3 nitrogen and oxygen atoms in total. The van der Waals surface area contributed by atoms with Crippen molar-refractivity contribution < 1.29 is 0 Å². The molecule has 9 rings (SSSR count). The summed E-state index contributed by atoms with van der Waals surface area (Å²) in [5.74, 6) is 0. The van der Waals surface area contributed by atoms with E-state index in [1.807, 2.05) is 18.3 Å². The number of aromatic nitrogens is 2. The Morgan fingerprint density at radius 3 is 1.89 bits per heavy atom. The molecule has 0 amide bonds. The number of aliphatic imine (C=N–C) groups is 1. The van der Waals surface area contributed by atoms with Gasteiger partial charge in [0, 0.05) is 34.8 Å². The Morgan fingerprint density at radius 1 is 0.481 bits per heavy atom. The van der Waals surface area contributed by atoms with E-state index in [0.717, 1.165) is 72.9 Å². The topological polar surface area (TPSA) is 38.1 Å². The van der Waals surface area contributed by atoms with E-state index in [0.29, 0.717) is 0 Å². The van der Waals surface area contributed by atoms with Gasteiger partial charge >= 0.3 is 0 Å². The monoisotopic (exact) mass is 691 g/mol. The van der Waals surface area contributed by atoms with Gasteiger partial charge in [0.1, 0.15) is 0 Å². The number of fused-ring (bicyclic) bond motifs is 2. The van der Waals surface area contributed by atoms with Crippen molar-refractivity contribution in [3.63, 3.8) is 0 Å². The molecule has 2 heterocycles. The molecule has 7 aromatic carbocycles. The van der Waals surface area contributed by atoms with E-state index in [1.54, 1.807) is 6.20 Å². The van der Waals surface area contributed by atoms with Gasteiger partial charge in [0.15, 0.2) is 0 Å². The molecule has 0 saturated carbocycles. The molecule has 0 aliphatic carbocycles. The van der Waals surface area contributed by atoms with Crippen molar-refractivity contribution in [2.24, 2.45) is 4.99 Å². The van der Waals surface area contributed by atoms with Gasteiger partial charge in [-0.3, -0.25) is 9.98 Å². The van der Waals surface area contributed by atoms with Crippen LogP contribution in [0.5, 0.6) is 0 Å². The fraction of sp³-hybridized carbons (Fsp3) is 0.0392. The standard InChI is InChI=1S/C51H37N3/c1-34-41-22-11-12-24-43(41)47(32-48(34)53-35(2)39-21-15-29-52-33-39)51-42-23-10-9-18-37(42)27-28-46(51)44-25-13-14-26-45(44)50-31-40(36-16-5-3-6-17-36)30-49(54-50)38-19-7-4-8-20-38/h3-33H,1-2H3. The van der Waals surface area contributed by atoms with E-state index in [4.69, 9.17) is 9.98 Å². The molecular weight excluding hydrogens is 655 g/mol. The van der Waals surface area contributed by atoms with Gasteiger partial charge in [0.25, 0.3) is 0 Å². The van der Waals surface area contributed by atoms with Crippen LogP contribution in [0.25, 0.3) is 77.4 Å². The van der Waals surface area contributed by atoms with Crippen LogP contribution in [0.4, 0.5) is 5.69 Å². The van der Waals surface area contributed by atoms with Crippen molar-refractivity contribution in [2.45, 2.75) is 13.8 Å². The normalized spacial score (nSPS) is 11.6. The zero-order chi connectivity index (χ0) is 36.4. The Morgan fingerprint density at radius 2 is 1.13 bits per heavy atom. The number of nitrogens with zero attached hydrogens (tertiary/aromatic N) is 3. The van der Waals surface area contributed by atoms with Gasteiger partial charge in [-0.05, 0) is 98.6 Å². The van der Waals surface area contributed by atoms with Crippen LogP contribution in [-0.4, -0.2) is 15.7 Å². The fourth-order valence-electron chi connectivity index (χ4n) is 7.60. The van der Waals surface area contributed by atoms with Crippen molar-refractivity contribution >= 4 is 32.9 Å². The quantitative estimate of drug-likeness (QED) is 0.156. The zero-order valence-corrected chi connectivity index (χ0v) is 30.2. The molecule has 0 radical (unpaired) electrons. The highest BCUT2D eigenvalue weighted by atomic mass is 14.8. The first-order valence-corrected chi connectivity index (χ1v) is 18.4. The van der Waals surface area contributed by atoms with Gasteiger partial charge < -0.3 is 0 Å². The lowest BCUT2D eigenvalue weighted by Gasteiger charge is -2.20. The second kappa shape index (κ2) is 14.2. The van der Waals surface area contributed by atoms with E-state index < -0.39 is 0 Å². The van der Waals surface area contributed by atoms with Crippen LogP contribution in [0.1, 0.15) is 18.1 Å². The smallest absolute Gasteiger partial charge is 0.0721 e. The second-order valence-electron chi connectivity index (χ2n) is 13.7. The maximum atomic E-state index is 5.36. The van der Waals surface area contributed by atoms with E-state index in [2.05, 4.69) is 183 Å². The van der Waals surface area contributed by atoms with Gasteiger partial charge in [-0.25, -0.2) is 4.98 Å². The van der Waals surface area contributed by atoms with Crippen LogP contribution in [0.15, 0.2) is 193 Å². The summed E-state index contributed by atoms with van der Waals surface area (Å²) in [5.41, 5.74) is 14.9. The molecule has 0 unspecified atom stereocenters. The third-order valence-electron chi connectivity index (χ3n) is 10.3. The summed E-state index contributed by atoms with van der Waals surface area (Å²) < 4.78 is 0. The second-order valence-corrected chi connectivity index (χ2v) is 13.7. The predicted molar refractivity (Wildman–Crippen MR) is 227 cm³/mol. The SMILES string of the molecule is CC(=Nc1cc(-c2c(-c3ccccc3-c3cc(-c4ccccc4)cc(-c4ccccc4)n3)ccc3ccccc23)c2ccccc2c1C)c1cccnc1. The highest BCUT2D eigenvalue weighted by molar-refractivity contribution is 6.13. The molecule has 2 aromatic heterocycles. The first-order chi connectivity index (χ1) is 26.6. The van der Waals surface area contributed by atoms with Gasteiger partial charge in [0.2, 0.25) is 0 Å². The van der Waals surface area contributed by atoms with Crippen LogP contribution in [0.2, 0.25) is 0 Å². The largest absolute Gasteiger partial charge is 0.264 e. The minimum atomic E-state index is 0.925. The zero-order valence-electron chi connectivity index (χ0n) is 30.2. The van der Waals surface area contributed by atoms with E-state index in [1.165, 1.54) is 27.1 Å². The van der Waals surface area contributed by atoms with Gasteiger partial charge in [0.05, 0.1) is 17.1 Å². The summed E-state index contributed by atoms with van der Waals surface area (Å²) in [6, 6.07) is 62.4. The Labute approximate surface area is 316 Å². The highest BCUT2D eigenvalue weighted by Crippen LogP contribution is 2.46. The van der Waals surface area contributed by atoms with E-state index in [-0.39, 0.29) is 0 Å². The molecule has 0 fully saturated rings. The van der Waals surface area contributed by atoms with E-state index in [9.17, 15) is 0 Å². The van der Waals surface area contributed by atoms with Crippen molar-refractivity contribution in [1.82, 2.24) is 9.97 Å². The summed E-state index contributed by atoms with van der Waals surface area (Å²) in [6.45, 7) is 4.24. The first kappa shape index (κ1) is 32.9. The Balaban J connectivity index is 1.32. The molecule has 0 atom stereocenters. The molecule has 54 heavy (non-hydrogen) atoms. The summed E-state index contributed by atoms with van der Waals surface area (Å²) in [7, 11) is 0. The maximum absolute atomic E-state index is 5.36. The Bertz CT molecular complexity index is 2770. The van der Waals surface area contributed by atoms with Crippen molar-refractivity contribution in [2.75, 3.05) is 0 Å². The number of pyridine rings is 2. The molecule has 0 saturated heterocycles. The highest BCUT2D eigenvalue weighted by Gasteiger charge is 2.20. The van der Waals surface area contributed by atoms with Gasteiger partial charge in [-0.15, -0.1) is 0 Å².